The molecule has 3 N–H and O–H groups in total. The minimum absolute atomic E-state index is 0.00109. The molecule has 0 radical (unpaired) electrons. The number of carboxylic acids is 1. The van der Waals surface area contributed by atoms with E-state index < -0.39 is 89.6 Å². The normalized spacial score (nSPS) is 38.7. The number of methoxy groups -OCH3 is 3. The van der Waals surface area contributed by atoms with Crippen LogP contribution in [0.25, 0.3) is 0 Å². The Labute approximate surface area is 410 Å². The van der Waals surface area contributed by atoms with Gasteiger partial charge in [-0.25, -0.2) is 4.79 Å². The van der Waals surface area contributed by atoms with Gasteiger partial charge < -0.3 is 43.9 Å². The molecule has 69 heavy (non-hydrogen) atoms. The molecule has 15 nitrogen and oxygen atoms in total. The van der Waals surface area contributed by atoms with E-state index in [1.54, 1.807) is 41.1 Å². The van der Waals surface area contributed by atoms with E-state index in [4.69, 9.17) is 23.7 Å². The number of piperidine rings is 1. The first-order chi connectivity index (χ1) is 32.6. The average Bonchev–Trinajstić information content (AvgIpc) is 3.31. The number of aliphatic hydroxyl groups is 2. The van der Waals surface area contributed by atoms with E-state index in [0.717, 1.165) is 5.57 Å². The number of carboxylic acid groups (broad SMARTS) is 1. The van der Waals surface area contributed by atoms with Crippen LogP contribution in [0.4, 0.5) is 0 Å². The highest BCUT2D eigenvalue weighted by molar-refractivity contribution is 6.39. The lowest BCUT2D eigenvalue weighted by Crippen LogP contribution is -2.61. The van der Waals surface area contributed by atoms with Crippen molar-refractivity contribution in [2.24, 2.45) is 41.4 Å². The van der Waals surface area contributed by atoms with Crippen molar-refractivity contribution < 1.29 is 67.8 Å². The van der Waals surface area contributed by atoms with E-state index in [1.807, 2.05) is 58.1 Å². The number of ketones is 3. The number of hydrogen-bond acceptors (Lipinski definition) is 13. The van der Waals surface area contributed by atoms with Crippen LogP contribution in [-0.2, 0) is 52.5 Å². The van der Waals surface area contributed by atoms with Crippen molar-refractivity contribution in [3.8, 4) is 0 Å². The second kappa shape index (κ2) is 27.1. The topological polar surface area (TPSA) is 212 Å². The average molecular weight is 970 g/mol. The summed E-state index contributed by atoms with van der Waals surface area (Å²) in [6.45, 7) is 12.9. The van der Waals surface area contributed by atoms with E-state index in [2.05, 4.69) is 0 Å². The third-order valence-corrected chi connectivity index (χ3v) is 15.3. The maximum atomic E-state index is 14.5. The first-order valence-electron chi connectivity index (χ1n) is 25.4. The number of ether oxygens (including phenoxy) is 5. The molecule has 0 unspecified atom stereocenters. The highest BCUT2D eigenvalue weighted by Gasteiger charge is 2.53. The van der Waals surface area contributed by atoms with Gasteiger partial charge in [0, 0.05) is 70.8 Å². The Kier molecular flexibility index (Phi) is 22.7. The Bertz CT molecular complexity index is 1890. The number of hydrogen-bond donors (Lipinski definition) is 3. The number of fused-ring (bicyclic) bond motifs is 3. The number of Topliss-reactive ketones (excluding diaryl/α,β-unsaturated/α-hetero) is 3. The van der Waals surface area contributed by atoms with E-state index in [-0.39, 0.29) is 67.7 Å². The van der Waals surface area contributed by atoms with E-state index in [1.165, 1.54) is 12.0 Å². The van der Waals surface area contributed by atoms with Crippen LogP contribution in [0.1, 0.15) is 138 Å². The van der Waals surface area contributed by atoms with E-state index in [9.17, 15) is 44.1 Å². The van der Waals surface area contributed by atoms with Gasteiger partial charge in [0.05, 0.1) is 24.4 Å². The van der Waals surface area contributed by atoms with Gasteiger partial charge in [0.15, 0.2) is 5.78 Å². The number of carbonyl (C=O) groups excluding carboxylic acids is 5. The second-order valence-electron chi connectivity index (χ2n) is 20.7. The maximum absolute atomic E-state index is 14.5. The molecule has 4 aliphatic rings. The van der Waals surface area contributed by atoms with Gasteiger partial charge in [-0.15, -0.1) is 0 Å². The summed E-state index contributed by atoms with van der Waals surface area (Å²) < 4.78 is 29.7. The van der Waals surface area contributed by atoms with Crippen molar-refractivity contribution in [2.45, 2.75) is 187 Å². The summed E-state index contributed by atoms with van der Waals surface area (Å²) in [5, 5.41) is 32.2. The molecular weight excluding hydrogens is 887 g/mol. The van der Waals surface area contributed by atoms with Gasteiger partial charge in [-0.2, -0.15) is 0 Å². The van der Waals surface area contributed by atoms with Crippen LogP contribution in [0.5, 0.6) is 0 Å². The van der Waals surface area contributed by atoms with Crippen LogP contribution < -0.4 is 0 Å². The van der Waals surface area contributed by atoms with Crippen molar-refractivity contribution >= 4 is 35.2 Å². The van der Waals surface area contributed by atoms with Gasteiger partial charge in [-0.3, -0.25) is 24.0 Å². The van der Waals surface area contributed by atoms with Crippen molar-refractivity contribution in [3.63, 3.8) is 0 Å². The number of rotatable bonds is 9. The number of carbonyl (C=O) groups is 6. The number of amides is 1. The predicted octanol–water partition coefficient (Wildman–Crippen LogP) is 7.30. The molecule has 388 valence electrons. The summed E-state index contributed by atoms with van der Waals surface area (Å²) >= 11 is 0. The molecular formula is C54H83NO14. The molecule has 1 saturated carbocycles. The van der Waals surface area contributed by atoms with Gasteiger partial charge in [0.2, 0.25) is 5.79 Å². The SMILES string of the molecule is CO[C@H]1C[C@@H]2CC[C@@H](C)[C@@](O)(O2)C(=O)C(=O)N2CCCC[C@H]2C(=O)O[C@H]([C@H](C)C[C@@H]2CC[C@@H](O)[C@H](OC)C2)CC(=O)[C@H](C)/C=C(\C)[C@@H](CCC(=O)O)[C@@H](OC)C(=O)[C@H](C)C[C@H](C)/C=C/C=C/C=C/1C. The van der Waals surface area contributed by atoms with Crippen molar-refractivity contribution in [3.05, 3.63) is 47.6 Å². The van der Waals surface area contributed by atoms with Crippen LogP contribution in [-0.4, -0.2) is 132 Å². The second-order valence-corrected chi connectivity index (χ2v) is 20.7. The zero-order valence-electron chi connectivity index (χ0n) is 42.9. The molecule has 3 aliphatic heterocycles. The molecule has 0 aromatic carbocycles. The van der Waals surface area contributed by atoms with Gasteiger partial charge >= 0.3 is 11.9 Å². The maximum Gasteiger partial charge on any atom is 0.329 e. The lowest BCUT2D eigenvalue weighted by Gasteiger charge is -2.42. The van der Waals surface area contributed by atoms with Crippen LogP contribution in [0.2, 0.25) is 0 Å². The number of allylic oxidation sites excluding steroid dienone is 6. The third-order valence-electron chi connectivity index (χ3n) is 15.3. The molecule has 1 amide bonds. The van der Waals surface area contributed by atoms with E-state index >= 15 is 0 Å². The number of aliphatic hydroxyl groups excluding tert-OH is 1. The Morgan fingerprint density at radius 2 is 1.61 bits per heavy atom. The van der Waals surface area contributed by atoms with Gasteiger partial charge in [-0.05, 0) is 108 Å². The highest BCUT2D eigenvalue weighted by Crippen LogP contribution is 2.38. The number of aliphatic carboxylic acids is 1. The summed E-state index contributed by atoms with van der Waals surface area (Å²) in [5.74, 6) is -9.63. The molecule has 4 rings (SSSR count). The van der Waals surface area contributed by atoms with E-state index in [0.29, 0.717) is 69.8 Å². The van der Waals surface area contributed by atoms with Gasteiger partial charge in [0.1, 0.15) is 24.0 Å². The summed E-state index contributed by atoms with van der Waals surface area (Å²) in [6.07, 6.45) is 12.5. The van der Waals surface area contributed by atoms with Crippen molar-refractivity contribution in [1.82, 2.24) is 4.90 Å². The summed E-state index contributed by atoms with van der Waals surface area (Å²) in [5.41, 5.74) is 1.50. The largest absolute Gasteiger partial charge is 0.481 e. The molecule has 2 saturated heterocycles. The zero-order chi connectivity index (χ0) is 51.2. The number of cyclic esters (lactones) is 1. The Balaban J connectivity index is 1.75. The summed E-state index contributed by atoms with van der Waals surface area (Å²) in [7, 11) is 4.57. The minimum atomic E-state index is -2.44. The van der Waals surface area contributed by atoms with Crippen molar-refractivity contribution in [2.75, 3.05) is 27.9 Å². The molecule has 15 heteroatoms. The number of nitrogens with zero attached hydrogens (tertiary/aromatic N) is 1. The lowest BCUT2D eigenvalue weighted by molar-refractivity contribution is -0.265. The monoisotopic (exact) mass is 970 g/mol. The lowest BCUT2D eigenvalue weighted by atomic mass is 9.78. The quantitative estimate of drug-likeness (QED) is 0.118. The smallest absolute Gasteiger partial charge is 0.329 e. The van der Waals surface area contributed by atoms with Crippen LogP contribution in [0.3, 0.4) is 0 Å². The van der Waals surface area contributed by atoms with Crippen LogP contribution >= 0.6 is 0 Å². The van der Waals surface area contributed by atoms with Crippen LogP contribution in [0.15, 0.2) is 47.6 Å². The Morgan fingerprint density at radius 3 is 2.28 bits per heavy atom. The fourth-order valence-electron chi connectivity index (χ4n) is 10.9. The molecule has 2 bridgehead atoms. The highest BCUT2D eigenvalue weighted by atomic mass is 16.6. The predicted molar refractivity (Wildman–Crippen MR) is 259 cm³/mol. The molecule has 0 aromatic heterocycles. The summed E-state index contributed by atoms with van der Waals surface area (Å²) in [6, 6.07) is -1.16. The number of esters is 1. The minimum Gasteiger partial charge on any atom is -0.481 e. The van der Waals surface area contributed by atoms with Gasteiger partial charge in [0.25, 0.3) is 11.7 Å². The Morgan fingerprint density at radius 1 is 0.884 bits per heavy atom. The molecule has 3 heterocycles. The molecule has 3 fully saturated rings. The van der Waals surface area contributed by atoms with Gasteiger partial charge in [-0.1, -0.05) is 76.6 Å². The third kappa shape index (κ3) is 15.8. The first-order valence-corrected chi connectivity index (χ1v) is 25.4. The first kappa shape index (κ1) is 57.7. The molecule has 0 spiro atoms. The fraction of sp³-hybridized carbons (Fsp3) is 0.741. The fourth-order valence-corrected chi connectivity index (χ4v) is 10.9. The molecule has 0 aromatic rings. The standard InChI is InChI=1S/C54H83NO14/c1-32-16-12-11-13-17-33(2)45(65-8)30-40-21-19-38(7)54(64,69-40)51(61)52(62)55-25-15-14-18-42(55)53(63)68-46(36(5)28-39-20-23-43(56)47(29-39)66-9)31-44(57)35(4)27-34(3)41(22-24-48(58)59)50(67-10)49(60)37(6)26-32/h11-13,16-17,27,32,35-43,45-47,50,56,64H,14-15,18-26,28-31H2,1-10H3,(H,58,59)/b13-11+,16-12+,33-17+,34-27+/t32-,35-,36-,37-,38-,39+,40+,41-,42+,43-,45+,46+,47-,50-,54-/m1/s1. The van der Waals surface area contributed by atoms with Crippen LogP contribution in [0, 0.1) is 41.4 Å². The summed E-state index contributed by atoms with van der Waals surface area (Å²) in [4.78, 5) is 84.6. The zero-order valence-corrected chi connectivity index (χ0v) is 42.9. The van der Waals surface area contributed by atoms with Crippen molar-refractivity contribution in [1.29, 1.82) is 0 Å². The molecule has 15 atom stereocenters. The Hall–Kier alpha value is -3.86. The molecule has 1 aliphatic carbocycles.